The minimum absolute atomic E-state index is 0.0119. The van der Waals surface area contributed by atoms with Gasteiger partial charge in [0, 0.05) is 23.1 Å². The standard InChI is InChI=1S/C26H31BrN4O2/c1-16-10-11-19(30-24(32)22(26(2,3)4)17-8-6-5-7-9-17)14-31(16)25(33)20-12-18(27)13-21-23(20)29-15-28-21/h5-9,12-13,15-16,19,22H,10-11,14H2,1-4H3,(H,28,29)(H,30,32). The quantitative estimate of drug-likeness (QED) is 0.502. The van der Waals surface area contributed by atoms with Gasteiger partial charge in [0.05, 0.1) is 23.3 Å². The molecule has 1 fully saturated rings. The van der Waals surface area contributed by atoms with Crippen LogP contribution in [0, 0.1) is 5.41 Å². The predicted molar refractivity (Wildman–Crippen MR) is 134 cm³/mol. The fourth-order valence-electron chi connectivity index (χ4n) is 4.81. The molecule has 0 spiro atoms. The van der Waals surface area contributed by atoms with E-state index in [1.807, 2.05) is 47.4 Å². The van der Waals surface area contributed by atoms with Gasteiger partial charge in [-0.25, -0.2) is 4.98 Å². The maximum absolute atomic E-state index is 13.6. The van der Waals surface area contributed by atoms with Crippen LogP contribution in [0.2, 0.25) is 0 Å². The van der Waals surface area contributed by atoms with E-state index in [2.05, 4.69) is 58.9 Å². The van der Waals surface area contributed by atoms with Crippen LogP contribution in [0.15, 0.2) is 53.3 Å². The van der Waals surface area contributed by atoms with E-state index >= 15 is 0 Å². The third kappa shape index (κ3) is 4.98. The van der Waals surface area contributed by atoms with Gasteiger partial charge in [0.1, 0.15) is 5.52 Å². The summed E-state index contributed by atoms with van der Waals surface area (Å²) in [7, 11) is 0. The summed E-state index contributed by atoms with van der Waals surface area (Å²) < 4.78 is 0.827. The molecule has 3 unspecified atom stereocenters. The molecule has 174 valence electrons. The number of halogens is 1. The van der Waals surface area contributed by atoms with Gasteiger partial charge in [0.15, 0.2) is 0 Å². The number of amides is 2. The SMILES string of the molecule is CC1CCC(NC(=O)C(c2ccccc2)C(C)(C)C)CN1C(=O)c1cc(Br)cc2[nH]cnc12. The second kappa shape index (κ2) is 9.29. The molecule has 4 rings (SSSR count). The van der Waals surface area contributed by atoms with E-state index in [0.29, 0.717) is 17.6 Å². The Bertz CT molecular complexity index is 1150. The van der Waals surface area contributed by atoms with E-state index in [0.717, 1.165) is 28.4 Å². The summed E-state index contributed by atoms with van der Waals surface area (Å²) in [4.78, 5) is 36.3. The number of aromatic amines is 1. The summed E-state index contributed by atoms with van der Waals surface area (Å²) in [6.07, 6.45) is 3.28. The number of hydrogen-bond donors (Lipinski definition) is 2. The molecule has 2 N–H and O–H groups in total. The Morgan fingerprint density at radius 2 is 1.91 bits per heavy atom. The van der Waals surface area contributed by atoms with Crippen molar-refractivity contribution in [3.05, 3.63) is 64.4 Å². The van der Waals surface area contributed by atoms with Crippen molar-refractivity contribution in [3.63, 3.8) is 0 Å². The highest BCUT2D eigenvalue weighted by Crippen LogP contribution is 2.35. The van der Waals surface area contributed by atoms with E-state index in [9.17, 15) is 9.59 Å². The zero-order valence-electron chi connectivity index (χ0n) is 19.6. The normalized spacial score (nSPS) is 20.0. The average molecular weight is 511 g/mol. The molecule has 33 heavy (non-hydrogen) atoms. The van der Waals surface area contributed by atoms with Crippen LogP contribution in [0.25, 0.3) is 11.0 Å². The number of aromatic nitrogens is 2. The number of hydrogen-bond acceptors (Lipinski definition) is 3. The minimum atomic E-state index is -0.268. The molecule has 2 aromatic carbocycles. The molecule has 1 aliphatic heterocycles. The molecule has 0 saturated carbocycles. The number of fused-ring (bicyclic) bond motifs is 1. The first kappa shape index (κ1) is 23.5. The van der Waals surface area contributed by atoms with Crippen molar-refractivity contribution in [2.45, 2.75) is 58.5 Å². The van der Waals surface area contributed by atoms with E-state index in [4.69, 9.17) is 0 Å². The molecule has 3 aromatic rings. The summed E-state index contributed by atoms with van der Waals surface area (Å²) in [5.74, 6) is -0.316. The number of imidazole rings is 1. The molecular weight excluding hydrogens is 480 g/mol. The van der Waals surface area contributed by atoms with E-state index < -0.39 is 0 Å². The topological polar surface area (TPSA) is 78.1 Å². The van der Waals surface area contributed by atoms with Gasteiger partial charge >= 0.3 is 0 Å². The third-order valence-electron chi connectivity index (χ3n) is 6.47. The van der Waals surface area contributed by atoms with Gasteiger partial charge in [-0.2, -0.15) is 0 Å². The molecule has 3 atom stereocenters. The lowest BCUT2D eigenvalue weighted by molar-refractivity contribution is -0.126. The van der Waals surface area contributed by atoms with E-state index in [1.54, 1.807) is 6.33 Å². The maximum Gasteiger partial charge on any atom is 0.256 e. The first-order valence-electron chi connectivity index (χ1n) is 11.4. The van der Waals surface area contributed by atoms with Crippen LogP contribution in [-0.2, 0) is 4.79 Å². The molecular formula is C26H31BrN4O2. The van der Waals surface area contributed by atoms with Crippen molar-refractivity contribution in [3.8, 4) is 0 Å². The third-order valence-corrected chi connectivity index (χ3v) is 6.93. The smallest absolute Gasteiger partial charge is 0.256 e. The van der Waals surface area contributed by atoms with Gasteiger partial charge in [0.25, 0.3) is 5.91 Å². The second-order valence-electron chi connectivity index (χ2n) is 10.1. The highest BCUT2D eigenvalue weighted by atomic mass is 79.9. The van der Waals surface area contributed by atoms with Gasteiger partial charge in [0.2, 0.25) is 5.91 Å². The highest BCUT2D eigenvalue weighted by molar-refractivity contribution is 9.10. The number of H-pyrrole nitrogens is 1. The fourth-order valence-corrected chi connectivity index (χ4v) is 5.27. The molecule has 7 heteroatoms. The lowest BCUT2D eigenvalue weighted by atomic mass is 9.75. The Morgan fingerprint density at radius 1 is 1.18 bits per heavy atom. The molecule has 1 aromatic heterocycles. The Morgan fingerprint density at radius 3 is 2.61 bits per heavy atom. The molecule has 0 radical (unpaired) electrons. The maximum atomic E-state index is 13.6. The van der Waals surface area contributed by atoms with Crippen LogP contribution < -0.4 is 5.32 Å². The van der Waals surface area contributed by atoms with Gasteiger partial charge < -0.3 is 15.2 Å². The van der Waals surface area contributed by atoms with E-state index in [-0.39, 0.29) is 35.2 Å². The van der Waals surface area contributed by atoms with Crippen molar-refractivity contribution >= 4 is 38.8 Å². The predicted octanol–water partition coefficient (Wildman–Crippen LogP) is 5.26. The van der Waals surface area contributed by atoms with Crippen molar-refractivity contribution in [2.75, 3.05) is 6.54 Å². The fraction of sp³-hybridized carbons (Fsp3) is 0.423. The Labute approximate surface area is 203 Å². The molecule has 2 heterocycles. The molecule has 0 bridgehead atoms. The Kier molecular flexibility index (Phi) is 6.61. The van der Waals surface area contributed by atoms with Crippen molar-refractivity contribution in [2.24, 2.45) is 5.41 Å². The molecule has 1 aliphatic rings. The number of benzene rings is 2. The number of nitrogens with one attached hydrogen (secondary N) is 2. The van der Waals surface area contributed by atoms with Crippen molar-refractivity contribution in [1.82, 2.24) is 20.2 Å². The van der Waals surface area contributed by atoms with Crippen LogP contribution in [0.5, 0.6) is 0 Å². The van der Waals surface area contributed by atoms with Gasteiger partial charge in [-0.1, -0.05) is 67.0 Å². The lowest BCUT2D eigenvalue weighted by Crippen LogP contribution is -2.54. The number of piperidine rings is 1. The second-order valence-corrected chi connectivity index (χ2v) is 11.0. The summed E-state index contributed by atoms with van der Waals surface area (Å²) in [5, 5.41) is 3.26. The minimum Gasteiger partial charge on any atom is -0.351 e. The average Bonchev–Trinajstić information content (AvgIpc) is 3.22. The van der Waals surface area contributed by atoms with Crippen LogP contribution in [0.4, 0.5) is 0 Å². The van der Waals surface area contributed by atoms with Gasteiger partial charge in [-0.15, -0.1) is 0 Å². The van der Waals surface area contributed by atoms with Crippen LogP contribution in [0.1, 0.15) is 62.4 Å². The van der Waals surface area contributed by atoms with E-state index in [1.165, 1.54) is 0 Å². The van der Waals surface area contributed by atoms with Crippen LogP contribution in [0.3, 0.4) is 0 Å². The Hall–Kier alpha value is -2.67. The van der Waals surface area contributed by atoms with Crippen molar-refractivity contribution in [1.29, 1.82) is 0 Å². The molecule has 1 saturated heterocycles. The van der Waals surface area contributed by atoms with Crippen LogP contribution in [-0.4, -0.2) is 45.3 Å². The number of nitrogens with zero attached hydrogens (tertiary/aromatic N) is 2. The zero-order chi connectivity index (χ0) is 23.8. The van der Waals surface area contributed by atoms with Gasteiger partial charge in [-0.3, -0.25) is 9.59 Å². The Balaban J connectivity index is 1.54. The number of carbonyl (C=O) groups excluding carboxylic acids is 2. The lowest BCUT2D eigenvalue weighted by Gasteiger charge is -2.39. The summed E-state index contributed by atoms with van der Waals surface area (Å²) in [6, 6.07) is 13.7. The summed E-state index contributed by atoms with van der Waals surface area (Å²) in [6.45, 7) is 8.82. The van der Waals surface area contributed by atoms with Crippen LogP contribution >= 0.6 is 15.9 Å². The van der Waals surface area contributed by atoms with Gasteiger partial charge in [-0.05, 0) is 42.9 Å². The number of likely N-dealkylation sites (tertiary alicyclic amines) is 1. The summed E-state index contributed by atoms with van der Waals surface area (Å²) in [5.41, 5.74) is 2.83. The summed E-state index contributed by atoms with van der Waals surface area (Å²) >= 11 is 3.50. The monoisotopic (exact) mass is 510 g/mol. The largest absolute Gasteiger partial charge is 0.351 e. The first-order valence-corrected chi connectivity index (χ1v) is 12.2. The zero-order valence-corrected chi connectivity index (χ0v) is 21.1. The molecule has 6 nitrogen and oxygen atoms in total. The highest BCUT2D eigenvalue weighted by Gasteiger charge is 2.36. The molecule has 0 aliphatic carbocycles. The molecule has 2 amide bonds. The number of carbonyl (C=O) groups is 2. The van der Waals surface area contributed by atoms with Crippen molar-refractivity contribution < 1.29 is 9.59 Å². The first-order chi connectivity index (χ1) is 15.6. The number of rotatable bonds is 4.